The molecule has 0 saturated carbocycles. The summed E-state index contributed by atoms with van der Waals surface area (Å²) in [6.07, 6.45) is 2.53. The summed E-state index contributed by atoms with van der Waals surface area (Å²) in [5, 5.41) is 92.4. The van der Waals surface area contributed by atoms with Crippen molar-refractivity contribution >= 4 is 169 Å². The number of aryl methyl sites for hydroxylation is 3. The third-order valence-electron chi connectivity index (χ3n) is 16.3. The third kappa shape index (κ3) is 41.4. The highest BCUT2D eigenvalue weighted by molar-refractivity contribution is 7.85. The van der Waals surface area contributed by atoms with E-state index in [1.165, 1.54) is 13.8 Å². The maximum Gasteiger partial charge on any atom is 0.332 e. The fourth-order valence-electron chi connectivity index (χ4n) is 10.5. The monoisotopic (exact) mass is 1860 g/mol. The number of ether oxygens (including phenoxy) is 3. The number of unbranched alkanes of at least 4 members (excludes halogenated alkanes) is 3. The number of carbonyl (C=O) groups excluding carboxylic acids is 3. The van der Waals surface area contributed by atoms with Gasteiger partial charge in [0.15, 0.2) is 91.1 Å². The molecule has 688 valence electrons. The molecule has 42 nitrogen and oxygen atoms in total. The standard InChI is InChI=1S/2C24H29ClN6O4.C23H27ClN6O4.2C3H6O3.2CH4O3S/c2*25-22-24(28)31-23(27)21(30-22)18(34)11-20(26)29-10-4-3-5-14-8-9-19(35-13-15(33)12-32)17-7-2-1-6-16(14)17;24-21-23(27)30-22(26)20(29-21)16(31)11-18(25)28-10-4-3-5-13-8-9-17(34-12-19(32)33)15-7-2-1-6-14(13)15;2*1-2(4)3(5)6;2*1-5(2,3)4/h2*1-2,6-9,15,32-33H,3-5,10-13H2,(H2,26,29)(H4,27,28,31);1-2,6-9,19,32-33H,3-5,10-12H2,(H2,25,28)(H4,26,27,30);2*2,4H,1H3,(H,5,6);2*1H3,(H,2,3,4)/t;;;2*2-;;/m...00../s1. The van der Waals surface area contributed by atoms with E-state index >= 15 is 0 Å². The summed E-state index contributed by atoms with van der Waals surface area (Å²) >= 11 is 17.5. The molecule has 0 aliphatic carbocycles. The van der Waals surface area contributed by atoms with Crippen molar-refractivity contribution in [2.75, 3.05) is 99.6 Å². The number of ketones is 3. The fourth-order valence-corrected chi connectivity index (χ4v) is 10.9. The molecule has 0 amide bonds. The van der Waals surface area contributed by atoms with Gasteiger partial charge in [-0.3, -0.25) is 38.5 Å². The second-order valence-electron chi connectivity index (χ2n) is 27.1. The number of carboxylic acids is 2. The van der Waals surface area contributed by atoms with Crippen LogP contribution in [0.15, 0.2) is 124 Å². The second kappa shape index (κ2) is 54.9. The van der Waals surface area contributed by atoms with E-state index in [1.54, 1.807) is 0 Å². The number of anilines is 6. The number of halogens is 3. The number of rotatable bonds is 37. The number of nitrogens with zero attached hydrogens (tertiary/aromatic N) is 9. The maximum absolute atomic E-state index is 12.4. The molecule has 126 heavy (non-hydrogen) atoms. The van der Waals surface area contributed by atoms with Crippen LogP contribution in [0.3, 0.4) is 0 Å². The number of nitrogen functional groups attached to an aromatic ring is 6. The lowest BCUT2D eigenvalue weighted by Gasteiger charge is -2.14. The highest BCUT2D eigenvalue weighted by Crippen LogP contribution is 2.33. The summed E-state index contributed by atoms with van der Waals surface area (Å²) in [6, 6.07) is 35.1. The van der Waals surface area contributed by atoms with Crippen molar-refractivity contribution in [2.45, 2.75) is 122 Å². The zero-order valence-electron chi connectivity index (χ0n) is 68.9. The summed E-state index contributed by atoms with van der Waals surface area (Å²) < 4.78 is 68.6. The highest BCUT2D eigenvalue weighted by atomic mass is 35.5. The summed E-state index contributed by atoms with van der Waals surface area (Å²) in [5.74, 6) is -1.64. The number of amidine groups is 3. The predicted octanol–water partition coefficient (Wildman–Crippen LogP) is 4.27. The van der Waals surface area contributed by atoms with Crippen LogP contribution in [0, 0.1) is 0 Å². The number of benzene rings is 6. The van der Waals surface area contributed by atoms with Gasteiger partial charge in [-0.25, -0.2) is 39.5 Å². The van der Waals surface area contributed by atoms with Gasteiger partial charge in [-0.15, -0.1) is 0 Å². The van der Waals surface area contributed by atoms with Gasteiger partial charge in [0.05, 0.1) is 45.0 Å². The van der Waals surface area contributed by atoms with Crippen LogP contribution in [-0.2, 0) is 49.1 Å². The Morgan fingerprint density at radius 3 is 0.841 bits per heavy atom. The van der Waals surface area contributed by atoms with Gasteiger partial charge in [0.2, 0.25) is 0 Å². The zero-order valence-corrected chi connectivity index (χ0v) is 72.8. The molecule has 0 bridgehead atoms. The van der Waals surface area contributed by atoms with Crippen molar-refractivity contribution in [1.82, 2.24) is 29.9 Å². The summed E-state index contributed by atoms with van der Waals surface area (Å²) in [7, 11) is -7.33. The van der Waals surface area contributed by atoms with Crippen LogP contribution in [0.25, 0.3) is 32.3 Å². The lowest BCUT2D eigenvalue weighted by molar-refractivity contribution is -0.146. The van der Waals surface area contributed by atoms with E-state index in [2.05, 4.69) is 44.9 Å². The fraction of sp³-hybridized carbons (Fsp3) is 0.367. The second-order valence-corrected chi connectivity index (χ2v) is 31.1. The number of nitrogens with two attached hydrogens (primary N) is 9. The Hall–Kier alpha value is -11.7. The molecule has 0 aliphatic heterocycles. The molecule has 6 aromatic carbocycles. The Kier molecular flexibility index (Phi) is 47.2. The average Bonchev–Trinajstić information content (AvgIpc) is 0.806. The molecule has 0 radical (unpaired) electrons. The molecule has 9 rings (SSSR count). The minimum atomic E-state index is -3.67. The Morgan fingerprint density at radius 2 is 0.619 bits per heavy atom. The minimum Gasteiger partial charge on any atom is -0.490 e. The van der Waals surface area contributed by atoms with E-state index < -0.39 is 80.2 Å². The van der Waals surface area contributed by atoms with Crippen LogP contribution in [0.1, 0.15) is 120 Å². The van der Waals surface area contributed by atoms with Crippen molar-refractivity contribution in [3.05, 3.63) is 158 Å². The van der Waals surface area contributed by atoms with Gasteiger partial charge in [-0.1, -0.05) is 126 Å². The average molecular weight is 1860 g/mol. The molecule has 9 aromatic rings. The van der Waals surface area contributed by atoms with E-state index in [0.29, 0.717) is 49.4 Å². The lowest BCUT2D eigenvalue weighted by atomic mass is 9.99. The van der Waals surface area contributed by atoms with Gasteiger partial charge in [0.1, 0.15) is 79.0 Å². The SMILES string of the molecule is CS(=O)(=O)O.CS(=O)(=O)O.C[C@H](O)C(=O)O.C[C@H](O)C(=O)O.NC(CC(=O)c1nc(Cl)c(N)nc1N)=NCCCCc1ccc(OCC(O)CO)c2ccccc12.NC(CC(=O)c1nc(Cl)c(N)nc1N)=NCCCCc1ccc(OCC(O)CO)c2ccccc12.NC(CC(=O)c1nc(Cl)c(N)nc1N)=NCCCCc1ccc(OCC(O)O)c2ccccc12. The van der Waals surface area contributed by atoms with E-state index in [9.17, 15) is 51.0 Å². The van der Waals surface area contributed by atoms with Gasteiger partial charge in [0, 0.05) is 35.8 Å². The molecular weight excluding hydrogens is 1760 g/mol. The van der Waals surface area contributed by atoms with E-state index in [0.717, 1.165) is 107 Å². The topological polar surface area (TPSA) is 773 Å². The quantitative estimate of drug-likeness (QED) is 0.00645. The Labute approximate surface area is 739 Å². The van der Waals surface area contributed by atoms with Gasteiger partial charge in [-0.2, -0.15) is 16.8 Å². The van der Waals surface area contributed by atoms with Gasteiger partial charge < -0.3 is 117 Å². The van der Waals surface area contributed by atoms with Crippen LogP contribution in [-0.4, -0.2) is 250 Å². The van der Waals surface area contributed by atoms with Crippen LogP contribution in [0.5, 0.6) is 17.2 Å². The number of hydrogen-bond acceptors (Lipinski definition) is 35. The normalized spacial score (nSPS) is 12.4. The number of aliphatic carboxylic acids is 2. The van der Waals surface area contributed by atoms with Crippen LogP contribution < -0.4 is 65.8 Å². The molecule has 30 N–H and O–H groups in total. The number of carbonyl (C=O) groups is 5. The number of aliphatic imine (C=N–C) groups is 3. The van der Waals surface area contributed by atoms with Crippen LogP contribution in [0.4, 0.5) is 34.9 Å². The molecule has 0 fully saturated rings. The van der Waals surface area contributed by atoms with Crippen molar-refractivity contribution in [3.63, 3.8) is 0 Å². The first-order chi connectivity index (χ1) is 59.1. The number of hydrogen-bond donors (Lipinski definition) is 21. The Morgan fingerprint density at radius 1 is 0.389 bits per heavy atom. The molecule has 0 spiro atoms. The highest BCUT2D eigenvalue weighted by Gasteiger charge is 2.22. The number of carboxylic acid groups (broad SMARTS) is 2. The van der Waals surface area contributed by atoms with Gasteiger partial charge in [-0.05, 0) is 123 Å². The molecule has 0 saturated heterocycles. The first-order valence-electron chi connectivity index (χ1n) is 37.9. The van der Waals surface area contributed by atoms with Crippen molar-refractivity contribution in [3.8, 4) is 17.2 Å². The summed E-state index contributed by atoms with van der Waals surface area (Å²) in [5.41, 5.74) is 54.6. The minimum absolute atomic E-state index is 0.0201. The van der Waals surface area contributed by atoms with Crippen LogP contribution in [0.2, 0.25) is 15.5 Å². The zero-order chi connectivity index (χ0) is 94.7. The number of aromatic nitrogens is 6. The number of aliphatic hydroxyl groups is 8. The first-order valence-corrected chi connectivity index (χ1v) is 42.7. The van der Waals surface area contributed by atoms with E-state index in [4.69, 9.17) is 151 Å². The molecular formula is C79H105Cl3N18O24S2. The number of aliphatic hydroxyl groups excluding tert-OH is 7. The van der Waals surface area contributed by atoms with Gasteiger partial charge >= 0.3 is 11.9 Å². The molecule has 47 heteroatoms. The first kappa shape index (κ1) is 108. The predicted molar refractivity (Wildman–Crippen MR) is 479 cm³/mol. The lowest BCUT2D eigenvalue weighted by Crippen LogP contribution is -2.21. The number of Topliss-reactive ketones (excluding diaryl/α,β-unsaturated/α-hetero) is 3. The van der Waals surface area contributed by atoms with Crippen molar-refractivity contribution in [2.24, 2.45) is 32.2 Å². The molecule has 2 unspecified atom stereocenters. The van der Waals surface area contributed by atoms with Crippen molar-refractivity contribution in [1.29, 1.82) is 0 Å². The molecule has 3 aromatic heterocycles. The van der Waals surface area contributed by atoms with Gasteiger partial charge in [0.25, 0.3) is 20.2 Å². The molecule has 3 heterocycles. The Bertz CT molecular complexity index is 5200. The smallest absolute Gasteiger partial charge is 0.332 e. The maximum atomic E-state index is 12.4. The summed E-state index contributed by atoms with van der Waals surface area (Å²) in [4.78, 5) is 91.9. The Balaban J connectivity index is 0.000000433. The van der Waals surface area contributed by atoms with Crippen LogP contribution >= 0.6 is 34.8 Å². The van der Waals surface area contributed by atoms with E-state index in [-0.39, 0.29) is 137 Å². The molecule has 0 aliphatic rings. The van der Waals surface area contributed by atoms with Crippen molar-refractivity contribution < 1.29 is 115 Å². The largest absolute Gasteiger partial charge is 0.490 e. The number of fused-ring (bicyclic) bond motifs is 3. The molecule has 4 atom stereocenters. The summed E-state index contributed by atoms with van der Waals surface area (Å²) in [6.45, 7) is 2.95. The van der Waals surface area contributed by atoms with E-state index in [1.807, 2.05) is 109 Å². The third-order valence-corrected chi connectivity index (χ3v) is 17.2.